The zero-order valence-electron chi connectivity index (χ0n) is 8.86. The molecular formula is C13H18ClN. The molecule has 2 unspecified atom stereocenters. The number of fused-ring (bicyclic) bond motifs is 2. The average molecular weight is 224 g/mol. The molecule has 1 aromatic carbocycles. The summed E-state index contributed by atoms with van der Waals surface area (Å²) in [5.74, 6) is 0.815. The molecule has 82 valence electrons. The molecule has 0 aliphatic carbocycles. The maximum absolute atomic E-state index is 3.69. The van der Waals surface area contributed by atoms with Gasteiger partial charge in [-0.25, -0.2) is 0 Å². The van der Waals surface area contributed by atoms with Crippen molar-refractivity contribution in [3.05, 3.63) is 35.9 Å². The number of nitrogens with one attached hydrogen (secondary N) is 1. The van der Waals surface area contributed by atoms with Crippen LogP contribution in [0.1, 0.15) is 37.2 Å². The van der Waals surface area contributed by atoms with Gasteiger partial charge in [-0.1, -0.05) is 30.3 Å². The van der Waals surface area contributed by atoms with Crippen molar-refractivity contribution < 1.29 is 0 Å². The maximum atomic E-state index is 3.69. The Labute approximate surface area is 97.7 Å². The second kappa shape index (κ2) is 4.54. The summed E-state index contributed by atoms with van der Waals surface area (Å²) in [6.45, 7) is 0. The highest BCUT2D eigenvalue weighted by atomic mass is 35.5. The summed E-state index contributed by atoms with van der Waals surface area (Å²) in [4.78, 5) is 0. The van der Waals surface area contributed by atoms with Gasteiger partial charge in [0.2, 0.25) is 0 Å². The molecule has 2 saturated heterocycles. The third-order valence-corrected chi connectivity index (χ3v) is 3.74. The Hall–Kier alpha value is -0.530. The summed E-state index contributed by atoms with van der Waals surface area (Å²) >= 11 is 0. The van der Waals surface area contributed by atoms with Gasteiger partial charge in [0.25, 0.3) is 0 Å². The highest BCUT2D eigenvalue weighted by Crippen LogP contribution is 2.36. The fourth-order valence-corrected chi connectivity index (χ4v) is 3.05. The minimum atomic E-state index is 0. The molecule has 2 heterocycles. The first-order valence-electron chi connectivity index (χ1n) is 5.73. The Morgan fingerprint density at radius 2 is 1.53 bits per heavy atom. The summed E-state index contributed by atoms with van der Waals surface area (Å²) in [7, 11) is 0. The predicted molar refractivity (Wildman–Crippen MR) is 65.6 cm³/mol. The average Bonchev–Trinajstić information content (AvgIpc) is 2.59. The molecule has 2 bridgehead atoms. The molecule has 0 aromatic heterocycles. The van der Waals surface area contributed by atoms with Crippen LogP contribution in [0.15, 0.2) is 30.3 Å². The lowest BCUT2D eigenvalue weighted by Gasteiger charge is -2.29. The normalized spacial score (nSPS) is 33.5. The molecule has 2 aliphatic rings. The van der Waals surface area contributed by atoms with E-state index in [0.717, 1.165) is 18.0 Å². The van der Waals surface area contributed by atoms with E-state index in [4.69, 9.17) is 0 Å². The van der Waals surface area contributed by atoms with Gasteiger partial charge in [-0.3, -0.25) is 0 Å². The molecular weight excluding hydrogens is 206 g/mol. The van der Waals surface area contributed by atoms with Crippen molar-refractivity contribution >= 4 is 12.4 Å². The van der Waals surface area contributed by atoms with E-state index in [1.807, 2.05) is 0 Å². The highest BCUT2D eigenvalue weighted by molar-refractivity contribution is 5.85. The molecule has 1 aromatic rings. The second-order valence-electron chi connectivity index (χ2n) is 4.72. The van der Waals surface area contributed by atoms with Crippen LogP contribution in [0, 0.1) is 0 Å². The monoisotopic (exact) mass is 223 g/mol. The Bertz CT molecular complexity index is 300. The lowest BCUT2D eigenvalue weighted by molar-refractivity contribution is 0.363. The molecule has 0 radical (unpaired) electrons. The summed E-state index contributed by atoms with van der Waals surface area (Å²) in [5, 5.41) is 3.69. The summed E-state index contributed by atoms with van der Waals surface area (Å²) in [6, 6.07) is 12.6. The van der Waals surface area contributed by atoms with Gasteiger partial charge in [0, 0.05) is 12.1 Å². The van der Waals surface area contributed by atoms with Gasteiger partial charge in [0.15, 0.2) is 0 Å². The number of hydrogen-bond donors (Lipinski definition) is 1. The van der Waals surface area contributed by atoms with Crippen molar-refractivity contribution in [2.45, 2.75) is 43.7 Å². The number of benzene rings is 1. The largest absolute Gasteiger partial charge is 0.311 e. The van der Waals surface area contributed by atoms with Crippen LogP contribution in [0.3, 0.4) is 0 Å². The van der Waals surface area contributed by atoms with E-state index < -0.39 is 0 Å². The molecule has 1 nitrogen and oxygen atoms in total. The number of hydrogen-bond acceptors (Lipinski definition) is 1. The summed E-state index contributed by atoms with van der Waals surface area (Å²) in [5.41, 5.74) is 1.55. The van der Waals surface area contributed by atoms with Crippen molar-refractivity contribution in [2.24, 2.45) is 0 Å². The van der Waals surface area contributed by atoms with E-state index in [1.54, 1.807) is 5.56 Å². The van der Waals surface area contributed by atoms with Gasteiger partial charge in [0.1, 0.15) is 0 Å². The van der Waals surface area contributed by atoms with Crippen molar-refractivity contribution in [1.82, 2.24) is 5.32 Å². The van der Waals surface area contributed by atoms with Crippen LogP contribution in [0.4, 0.5) is 0 Å². The molecule has 3 rings (SSSR count). The quantitative estimate of drug-likeness (QED) is 0.772. The number of halogens is 1. The first-order valence-corrected chi connectivity index (χ1v) is 5.73. The Morgan fingerprint density at radius 3 is 2.13 bits per heavy atom. The topological polar surface area (TPSA) is 12.0 Å². The minimum absolute atomic E-state index is 0. The first-order chi connectivity index (χ1) is 6.92. The molecule has 2 fully saturated rings. The van der Waals surface area contributed by atoms with Gasteiger partial charge >= 0.3 is 0 Å². The highest BCUT2D eigenvalue weighted by Gasteiger charge is 2.33. The van der Waals surface area contributed by atoms with Crippen molar-refractivity contribution in [2.75, 3.05) is 0 Å². The Morgan fingerprint density at radius 1 is 0.933 bits per heavy atom. The molecule has 15 heavy (non-hydrogen) atoms. The zero-order valence-corrected chi connectivity index (χ0v) is 9.67. The standard InChI is InChI=1S/C13H17N.ClH/c1-2-4-10(5-3-1)11-8-12-6-7-13(9-11)14-12;/h1-5,11-14H,6-9H2;1H. The van der Waals surface area contributed by atoms with Crippen LogP contribution in [-0.4, -0.2) is 12.1 Å². The molecule has 2 aliphatic heterocycles. The molecule has 2 atom stereocenters. The lowest BCUT2D eigenvalue weighted by Crippen LogP contribution is -2.37. The van der Waals surface area contributed by atoms with Gasteiger partial charge < -0.3 is 5.32 Å². The first kappa shape index (κ1) is 11.0. The van der Waals surface area contributed by atoms with Crippen LogP contribution < -0.4 is 5.32 Å². The molecule has 0 amide bonds. The smallest absolute Gasteiger partial charge is 0.00760 e. The van der Waals surface area contributed by atoms with Gasteiger partial charge in [-0.05, 0) is 37.2 Å². The van der Waals surface area contributed by atoms with E-state index in [2.05, 4.69) is 35.6 Å². The van der Waals surface area contributed by atoms with Crippen LogP contribution >= 0.6 is 12.4 Å². The fourth-order valence-electron chi connectivity index (χ4n) is 3.05. The molecule has 2 heteroatoms. The molecule has 0 spiro atoms. The van der Waals surface area contributed by atoms with Crippen LogP contribution in [-0.2, 0) is 0 Å². The van der Waals surface area contributed by atoms with Crippen LogP contribution in [0.25, 0.3) is 0 Å². The Kier molecular flexibility index (Phi) is 3.32. The van der Waals surface area contributed by atoms with E-state index in [0.29, 0.717) is 0 Å². The summed E-state index contributed by atoms with van der Waals surface area (Å²) < 4.78 is 0. The maximum Gasteiger partial charge on any atom is 0.00760 e. The van der Waals surface area contributed by atoms with Crippen molar-refractivity contribution in [3.8, 4) is 0 Å². The third kappa shape index (κ3) is 2.19. The predicted octanol–water partition coefficient (Wildman–Crippen LogP) is 3.11. The van der Waals surface area contributed by atoms with Crippen molar-refractivity contribution in [3.63, 3.8) is 0 Å². The minimum Gasteiger partial charge on any atom is -0.311 e. The second-order valence-corrected chi connectivity index (χ2v) is 4.72. The number of rotatable bonds is 1. The van der Waals surface area contributed by atoms with E-state index in [9.17, 15) is 0 Å². The van der Waals surface area contributed by atoms with E-state index >= 15 is 0 Å². The van der Waals surface area contributed by atoms with Crippen LogP contribution in [0.5, 0.6) is 0 Å². The van der Waals surface area contributed by atoms with Gasteiger partial charge in [-0.2, -0.15) is 0 Å². The van der Waals surface area contributed by atoms with Crippen molar-refractivity contribution in [1.29, 1.82) is 0 Å². The fraction of sp³-hybridized carbons (Fsp3) is 0.538. The molecule has 0 saturated carbocycles. The van der Waals surface area contributed by atoms with E-state index in [1.165, 1.54) is 25.7 Å². The van der Waals surface area contributed by atoms with E-state index in [-0.39, 0.29) is 12.4 Å². The lowest BCUT2D eigenvalue weighted by atomic mass is 9.86. The zero-order chi connectivity index (χ0) is 9.38. The van der Waals surface area contributed by atoms with Crippen LogP contribution in [0.2, 0.25) is 0 Å². The van der Waals surface area contributed by atoms with Gasteiger partial charge in [-0.15, -0.1) is 12.4 Å². The summed E-state index contributed by atoms with van der Waals surface area (Å²) in [6.07, 6.45) is 5.49. The number of piperidine rings is 1. The van der Waals surface area contributed by atoms with Gasteiger partial charge in [0.05, 0.1) is 0 Å². The Balaban J connectivity index is 0.000000853. The SMILES string of the molecule is Cl.c1ccc(C2CC3CCC(C2)N3)cc1. The molecule has 1 N–H and O–H groups in total. The third-order valence-electron chi connectivity index (χ3n) is 3.74.